The molecule has 2 aromatic rings. The van der Waals surface area contributed by atoms with Gasteiger partial charge in [0.05, 0.1) is 12.4 Å². The van der Waals surface area contributed by atoms with Crippen LogP contribution in [0, 0.1) is 5.92 Å². The van der Waals surface area contributed by atoms with Crippen LogP contribution < -0.4 is 33.2 Å². The van der Waals surface area contributed by atoms with Crippen molar-refractivity contribution in [3.05, 3.63) is 48.0 Å². The highest BCUT2D eigenvalue weighted by atomic mass is 16.4. The minimum Gasteiger partial charge on any atom is -0.508 e. The monoisotopic (exact) mass is 587 g/mol. The number of aromatic amines is 1. The van der Waals surface area contributed by atoms with Crippen LogP contribution in [0.3, 0.4) is 0 Å². The molecule has 15 heteroatoms. The fraction of sp³-hybridized carbons (Fsp3) is 0.481. The third-order valence-electron chi connectivity index (χ3n) is 6.24. The second kappa shape index (κ2) is 16.6. The average molecular weight is 588 g/mol. The van der Waals surface area contributed by atoms with Gasteiger partial charge in [0.2, 0.25) is 17.7 Å². The summed E-state index contributed by atoms with van der Waals surface area (Å²) in [5, 5.41) is 26.9. The van der Waals surface area contributed by atoms with E-state index in [1.165, 1.54) is 24.7 Å². The number of carbonyl (C=O) groups is 4. The van der Waals surface area contributed by atoms with Gasteiger partial charge in [-0.15, -0.1) is 0 Å². The van der Waals surface area contributed by atoms with Crippen LogP contribution >= 0.6 is 0 Å². The van der Waals surface area contributed by atoms with E-state index in [-0.39, 0.29) is 49.9 Å². The van der Waals surface area contributed by atoms with Crippen LogP contribution in [0.15, 0.2) is 41.8 Å². The third-order valence-corrected chi connectivity index (χ3v) is 6.24. The molecular weight excluding hydrogens is 546 g/mol. The van der Waals surface area contributed by atoms with Gasteiger partial charge in [0.15, 0.2) is 5.96 Å². The highest BCUT2D eigenvalue weighted by Gasteiger charge is 2.31. The first kappa shape index (κ1) is 33.5. The lowest BCUT2D eigenvalue weighted by Gasteiger charge is -2.26. The number of nitrogens with one attached hydrogen (secondary N) is 4. The number of phenols is 1. The molecule has 1 heterocycles. The second-order valence-corrected chi connectivity index (χ2v) is 10.4. The Morgan fingerprint density at radius 2 is 1.57 bits per heavy atom. The maximum Gasteiger partial charge on any atom is 0.326 e. The number of aromatic nitrogens is 2. The van der Waals surface area contributed by atoms with Crippen LogP contribution in [0.1, 0.15) is 44.4 Å². The van der Waals surface area contributed by atoms with Crippen molar-refractivity contribution >= 4 is 29.7 Å². The molecule has 42 heavy (non-hydrogen) atoms. The summed E-state index contributed by atoms with van der Waals surface area (Å²) in [7, 11) is 0. The Morgan fingerprint density at radius 1 is 0.952 bits per heavy atom. The molecule has 0 aliphatic carbocycles. The molecule has 0 spiro atoms. The number of phenolic OH excluding ortho intramolecular Hbond substituents is 1. The van der Waals surface area contributed by atoms with Gasteiger partial charge in [-0.1, -0.05) is 26.0 Å². The fourth-order valence-electron chi connectivity index (χ4n) is 4.09. The highest BCUT2D eigenvalue weighted by Crippen LogP contribution is 2.12. The number of nitrogens with zero attached hydrogens (tertiary/aromatic N) is 2. The second-order valence-electron chi connectivity index (χ2n) is 10.4. The van der Waals surface area contributed by atoms with Gasteiger partial charge in [-0.3, -0.25) is 19.4 Å². The molecule has 3 amide bonds. The largest absolute Gasteiger partial charge is 0.508 e. The van der Waals surface area contributed by atoms with Crippen molar-refractivity contribution in [2.45, 2.75) is 70.1 Å². The number of benzene rings is 1. The van der Waals surface area contributed by atoms with Crippen LogP contribution in [0.2, 0.25) is 0 Å². The van der Waals surface area contributed by atoms with E-state index in [4.69, 9.17) is 17.2 Å². The molecule has 0 aliphatic rings. The number of aliphatic carboxylic acids is 1. The van der Waals surface area contributed by atoms with Crippen molar-refractivity contribution in [2.75, 3.05) is 6.54 Å². The Labute approximate surface area is 243 Å². The molecule has 0 bridgehead atoms. The summed E-state index contributed by atoms with van der Waals surface area (Å²) < 4.78 is 0. The lowest BCUT2D eigenvalue weighted by molar-refractivity contribution is -0.142. The number of carboxylic acid groups (broad SMARTS) is 1. The number of hydrogen-bond acceptors (Lipinski definition) is 8. The molecule has 0 saturated heterocycles. The van der Waals surface area contributed by atoms with Crippen LogP contribution in [0.4, 0.5) is 0 Å². The van der Waals surface area contributed by atoms with Crippen molar-refractivity contribution in [1.82, 2.24) is 25.9 Å². The summed E-state index contributed by atoms with van der Waals surface area (Å²) in [6.45, 7) is 3.90. The van der Waals surface area contributed by atoms with E-state index in [0.29, 0.717) is 17.7 Å². The Bertz CT molecular complexity index is 1200. The Hall–Kier alpha value is -4.66. The first-order chi connectivity index (χ1) is 19.8. The van der Waals surface area contributed by atoms with Gasteiger partial charge >= 0.3 is 5.97 Å². The number of aromatic hydroxyl groups is 1. The van der Waals surface area contributed by atoms with Crippen molar-refractivity contribution < 1.29 is 29.4 Å². The molecule has 1 aromatic carbocycles. The number of hydrogen-bond donors (Lipinski definition) is 9. The van der Waals surface area contributed by atoms with Crippen molar-refractivity contribution in [1.29, 1.82) is 0 Å². The normalized spacial score (nSPS) is 13.8. The maximum atomic E-state index is 13.4. The number of nitrogens with two attached hydrogens (primary N) is 3. The minimum atomic E-state index is -1.27. The molecule has 0 radical (unpaired) electrons. The first-order valence-corrected chi connectivity index (χ1v) is 13.6. The van der Waals surface area contributed by atoms with Gasteiger partial charge in [-0.2, -0.15) is 0 Å². The number of carboxylic acids is 1. The smallest absolute Gasteiger partial charge is 0.326 e. The molecule has 0 saturated carbocycles. The van der Waals surface area contributed by atoms with Gasteiger partial charge in [0.1, 0.15) is 23.9 Å². The Balaban J connectivity index is 2.15. The molecule has 15 nitrogen and oxygen atoms in total. The average Bonchev–Trinajstić information content (AvgIpc) is 3.43. The highest BCUT2D eigenvalue weighted by molar-refractivity contribution is 5.94. The first-order valence-electron chi connectivity index (χ1n) is 13.6. The molecular formula is C27H41N9O6. The third kappa shape index (κ3) is 11.8. The summed E-state index contributed by atoms with van der Waals surface area (Å²) in [5.74, 6) is -3.26. The van der Waals surface area contributed by atoms with E-state index in [1.54, 1.807) is 12.1 Å². The number of amides is 3. The number of rotatable bonds is 17. The zero-order valence-corrected chi connectivity index (χ0v) is 23.7. The lowest BCUT2D eigenvalue weighted by Crippen LogP contribution is -2.57. The summed E-state index contributed by atoms with van der Waals surface area (Å²) in [6, 6.07) is 1.78. The van der Waals surface area contributed by atoms with Crippen LogP contribution in [0.5, 0.6) is 5.75 Å². The van der Waals surface area contributed by atoms with Crippen LogP contribution in [0.25, 0.3) is 0 Å². The zero-order valence-electron chi connectivity index (χ0n) is 23.7. The zero-order chi connectivity index (χ0) is 31.2. The summed E-state index contributed by atoms with van der Waals surface area (Å²) >= 11 is 0. The van der Waals surface area contributed by atoms with Gasteiger partial charge in [0, 0.05) is 24.9 Å². The SMILES string of the molecule is CC(C)CC(NC(=O)C(CCCN=C(N)N)NC(=O)C(N)Cc1ccc(O)cc1)C(=O)NC(Cc1cnc[nH]1)C(=O)O. The summed E-state index contributed by atoms with van der Waals surface area (Å²) in [6.07, 6.45) is 3.64. The summed E-state index contributed by atoms with van der Waals surface area (Å²) in [4.78, 5) is 61.9. The Kier molecular flexibility index (Phi) is 13.2. The quantitative estimate of drug-likeness (QED) is 0.0610. The number of aliphatic imine (C=N–C) groups is 1. The Morgan fingerprint density at radius 3 is 2.14 bits per heavy atom. The molecule has 4 unspecified atom stereocenters. The van der Waals surface area contributed by atoms with Crippen molar-refractivity contribution in [2.24, 2.45) is 28.1 Å². The molecule has 4 atom stereocenters. The van der Waals surface area contributed by atoms with Gasteiger partial charge in [-0.25, -0.2) is 9.78 Å². The molecule has 2 rings (SSSR count). The maximum absolute atomic E-state index is 13.4. The van der Waals surface area contributed by atoms with E-state index in [2.05, 4.69) is 30.9 Å². The molecule has 12 N–H and O–H groups in total. The molecule has 0 aliphatic heterocycles. The standard InChI is InChI=1S/C27H41N9O6/c1-15(2)10-21(25(40)36-22(26(41)42)12-17-13-31-14-33-17)35-24(39)20(4-3-9-32-27(29)30)34-23(38)19(28)11-16-5-7-18(37)8-6-16/h5-8,13-15,19-22,37H,3-4,9-12,28H2,1-2H3,(H,31,33)(H,34,38)(H,35,39)(H,36,40)(H,41,42)(H4,29,30,32). The number of carbonyl (C=O) groups excluding carboxylic acids is 3. The molecule has 1 aromatic heterocycles. The van der Waals surface area contributed by atoms with E-state index in [9.17, 15) is 29.4 Å². The lowest BCUT2D eigenvalue weighted by atomic mass is 10.0. The topological polar surface area (TPSA) is 264 Å². The predicted octanol–water partition coefficient (Wildman–Crippen LogP) is -1.13. The number of imidazole rings is 1. The van der Waals surface area contributed by atoms with Crippen LogP contribution in [-0.2, 0) is 32.0 Å². The number of guanidine groups is 1. The van der Waals surface area contributed by atoms with Gasteiger partial charge in [-0.05, 0) is 49.3 Å². The van der Waals surface area contributed by atoms with Crippen molar-refractivity contribution in [3.63, 3.8) is 0 Å². The minimum absolute atomic E-state index is 0.0359. The predicted molar refractivity (Wildman–Crippen MR) is 155 cm³/mol. The van der Waals surface area contributed by atoms with Crippen LogP contribution in [-0.4, -0.2) is 80.5 Å². The van der Waals surface area contributed by atoms with Crippen molar-refractivity contribution in [3.8, 4) is 5.75 Å². The van der Waals surface area contributed by atoms with E-state index in [0.717, 1.165) is 0 Å². The van der Waals surface area contributed by atoms with E-state index < -0.39 is 47.9 Å². The molecule has 0 fully saturated rings. The van der Waals surface area contributed by atoms with Gasteiger partial charge in [0.25, 0.3) is 0 Å². The van der Waals surface area contributed by atoms with E-state index >= 15 is 0 Å². The van der Waals surface area contributed by atoms with E-state index in [1.807, 2.05) is 13.8 Å². The fourth-order valence-corrected chi connectivity index (χ4v) is 4.09. The number of H-pyrrole nitrogens is 1. The molecule has 230 valence electrons. The summed E-state index contributed by atoms with van der Waals surface area (Å²) in [5.41, 5.74) is 18.1. The van der Waals surface area contributed by atoms with Gasteiger partial charge < -0.3 is 48.3 Å².